The van der Waals surface area contributed by atoms with Crippen molar-refractivity contribution in [2.75, 3.05) is 0 Å². The number of halogens is 2. The summed E-state index contributed by atoms with van der Waals surface area (Å²) in [5.41, 5.74) is 1.63. The van der Waals surface area contributed by atoms with Crippen LogP contribution < -0.4 is 5.56 Å². The number of hydrogen-bond acceptors (Lipinski definition) is 4. The van der Waals surface area contributed by atoms with Gasteiger partial charge in [-0.1, -0.05) is 65.3 Å². The Balaban J connectivity index is 1.68. The molecular weight excluding hydrogens is 415 g/mol. The van der Waals surface area contributed by atoms with Crippen LogP contribution in [-0.4, -0.2) is 19.3 Å². The predicted octanol–water partition coefficient (Wildman–Crippen LogP) is 4.89. The molecule has 4 rings (SSSR count). The van der Waals surface area contributed by atoms with Crippen molar-refractivity contribution >= 4 is 45.9 Å². The zero-order valence-corrected chi connectivity index (χ0v) is 17.1. The number of benzene rings is 2. The third-order valence-electron chi connectivity index (χ3n) is 4.30. The third-order valence-corrected chi connectivity index (χ3v) is 5.88. The van der Waals surface area contributed by atoms with Crippen LogP contribution in [0.25, 0.3) is 10.9 Å². The van der Waals surface area contributed by atoms with Gasteiger partial charge in [0.15, 0.2) is 5.16 Å². The first kappa shape index (κ1) is 19.1. The largest absolute Gasteiger partial charge is 0.285 e. The molecule has 0 radical (unpaired) electrons. The molecule has 2 heterocycles. The molecule has 0 saturated heterocycles. The maximum Gasteiger partial charge on any atom is 0.262 e. The van der Waals surface area contributed by atoms with E-state index in [0.29, 0.717) is 44.9 Å². The monoisotopic (exact) mass is 430 g/mol. The molecule has 0 spiro atoms. The molecule has 2 aromatic carbocycles. The maximum absolute atomic E-state index is 13.1. The van der Waals surface area contributed by atoms with Gasteiger partial charge in [0, 0.05) is 23.5 Å². The van der Waals surface area contributed by atoms with Gasteiger partial charge in [-0.15, -0.1) is 0 Å². The minimum absolute atomic E-state index is 0.0643. The molecule has 0 aliphatic rings. The molecule has 0 unspecified atom stereocenters. The van der Waals surface area contributed by atoms with Crippen LogP contribution >= 0.6 is 35.0 Å². The van der Waals surface area contributed by atoms with Gasteiger partial charge in [-0.3, -0.25) is 14.0 Å². The first-order valence-corrected chi connectivity index (χ1v) is 10.4. The van der Waals surface area contributed by atoms with Gasteiger partial charge < -0.3 is 0 Å². The minimum Gasteiger partial charge on any atom is -0.285 e. The lowest BCUT2D eigenvalue weighted by Gasteiger charge is -2.13. The quantitative estimate of drug-likeness (QED) is 0.322. The zero-order chi connectivity index (χ0) is 19.5. The summed E-state index contributed by atoms with van der Waals surface area (Å²) in [5, 5.41) is 6.71. The van der Waals surface area contributed by atoms with Crippen molar-refractivity contribution in [1.82, 2.24) is 19.3 Å². The fourth-order valence-electron chi connectivity index (χ4n) is 2.88. The lowest BCUT2D eigenvalue weighted by atomic mass is 10.2. The van der Waals surface area contributed by atoms with Crippen LogP contribution in [0.15, 0.2) is 70.9 Å². The van der Waals surface area contributed by atoms with Crippen LogP contribution in [0, 0.1) is 0 Å². The summed E-state index contributed by atoms with van der Waals surface area (Å²) in [6, 6.07) is 15.1. The summed E-state index contributed by atoms with van der Waals surface area (Å²) >= 11 is 13.7. The number of thioether (sulfide) groups is 1. The molecule has 0 amide bonds. The van der Waals surface area contributed by atoms with E-state index in [-0.39, 0.29) is 5.56 Å². The maximum atomic E-state index is 13.1. The van der Waals surface area contributed by atoms with Crippen LogP contribution in [0.3, 0.4) is 0 Å². The average molecular weight is 431 g/mol. The zero-order valence-electron chi connectivity index (χ0n) is 14.8. The normalized spacial score (nSPS) is 11.2. The van der Waals surface area contributed by atoms with Crippen molar-refractivity contribution in [2.24, 2.45) is 0 Å². The molecule has 5 nitrogen and oxygen atoms in total. The Labute approximate surface area is 175 Å². The Bertz CT molecular complexity index is 1190. The highest BCUT2D eigenvalue weighted by molar-refractivity contribution is 7.98. The second-order valence-electron chi connectivity index (χ2n) is 6.17. The molecule has 0 N–H and O–H groups in total. The first-order chi connectivity index (χ1) is 13.6. The smallest absolute Gasteiger partial charge is 0.262 e. The number of nitrogens with zero attached hydrogens (tertiary/aromatic N) is 4. The Hall–Kier alpha value is -2.28. The van der Waals surface area contributed by atoms with Gasteiger partial charge in [0.05, 0.1) is 28.7 Å². The highest BCUT2D eigenvalue weighted by atomic mass is 35.5. The Kier molecular flexibility index (Phi) is 5.71. The van der Waals surface area contributed by atoms with E-state index in [2.05, 4.69) is 5.10 Å². The summed E-state index contributed by atoms with van der Waals surface area (Å²) in [6.07, 6.45) is 3.31. The Morgan fingerprint density at radius 1 is 1.00 bits per heavy atom. The molecule has 0 saturated carbocycles. The SMILES string of the molecule is O=c1c2ccccc2nc(SCc2ccccc2Cl)n1CCn1cc(Cl)cn1. The number of aromatic nitrogens is 4. The molecular formula is C20H16Cl2N4OS. The third kappa shape index (κ3) is 4.09. The molecule has 8 heteroatoms. The van der Waals surface area contributed by atoms with E-state index in [1.165, 1.54) is 11.8 Å². The van der Waals surface area contributed by atoms with Crippen LogP contribution in [0.2, 0.25) is 10.0 Å². The molecule has 0 fully saturated rings. The van der Waals surface area contributed by atoms with Crippen molar-refractivity contribution in [3.63, 3.8) is 0 Å². The minimum atomic E-state index is -0.0643. The van der Waals surface area contributed by atoms with Gasteiger partial charge in [0.25, 0.3) is 5.56 Å². The van der Waals surface area contributed by atoms with E-state index in [0.717, 1.165) is 5.56 Å². The lowest BCUT2D eigenvalue weighted by Crippen LogP contribution is -2.25. The molecule has 0 bridgehead atoms. The molecule has 0 aliphatic heterocycles. The van der Waals surface area contributed by atoms with E-state index in [1.54, 1.807) is 27.7 Å². The number of aryl methyl sites for hydroxylation is 1. The highest BCUT2D eigenvalue weighted by Gasteiger charge is 2.13. The Morgan fingerprint density at radius 2 is 1.79 bits per heavy atom. The number of hydrogen-bond donors (Lipinski definition) is 0. The molecule has 142 valence electrons. The van der Waals surface area contributed by atoms with Crippen molar-refractivity contribution in [1.29, 1.82) is 0 Å². The molecule has 0 atom stereocenters. The second-order valence-corrected chi connectivity index (χ2v) is 7.96. The summed E-state index contributed by atoms with van der Waals surface area (Å²) in [5.74, 6) is 0.623. The van der Waals surface area contributed by atoms with Crippen LogP contribution in [0.5, 0.6) is 0 Å². The second kappa shape index (κ2) is 8.39. The van der Waals surface area contributed by atoms with Gasteiger partial charge in [-0.2, -0.15) is 5.10 Å². The fraction of sp³-hybridized carbons (Fsp3) is 0.150. The summed E-state index contributed by atoms with van der Waals surface area (Å²) < 4.78 is 3.41. The fourth-order valence-corrected chi connectivity index (χ4v) is 4.34. The van der Waals surface area contributed by atoms with Gasteiger partial charge in [0.1, 0.15) is 0 Å². The Morgan fingerprint density at radius 3 is 2.57 bits per heavy atom. The summed E-state index contributed by atoms with van der Waals surface area (Å²) in [4.78, 5) is 17.8. The van der Waals surface area contributed by atoms with Crippen molar-refractivity contribution in [2.45, 2.75) is 24.0 Å². The highest BCUT2D eigenvalue weighted by Crippen LogP contribution is 2.26. The topological polar surface area (TPSA) is 52.7 Å². The van der Waals surface area contributed by atoms with Crippen LogP contribution in [0.1, 0.15) is 5.56 Å². The van der Waals surface area contributed by atoms with Gasteiger partial charge >= 0.3 is 0 Å². The number of rotatable bonds is 6. The van der Waals surface area contributed by atoms with Gasteiger partial charge in [-0.05, 0) is 23.8 Å². The number of para-hydroxylation sites is 1. The van der Waals surface area contributed by atoms with Crippen LogP contribution in [-0.2, 0) is 18.8 Å². The van der Waals surface area contributed by atoms with E-state index in [9.17, 15) is 4.79 Å². The van der Waals surface area contributed by atoms with Crippen LogP contribution in [0.4, 0.5) is 0 Å². The standard InChI is InChI=1S/C20H16Cl2N4OS/c21-15-11-23-25(12-15)9-10-26-19(27)16-6-2-4-8-18(16)24-20(26)28-13-14-5-1-3-7-17(14)22/h1-8,11-12H,9-10,13H2. The van der Waals surface area contributed by atoms with E-state index < -0.39 is 0 Å². The molecule has 28 heavy (non-hydrogen) atoms. The van der Waals surface area contributed by atoms with Crippen molar-refractivity contribution in [3.8, 4) is 0 Å². The summed E-state index contributed by atoms with van der Waals surface area (Å²) in [6.45, 7) is 0.964. The van der Waals surface area contributed by atoms with E-state index >= 15 is 0 Å². The molecule has 2 aromatic heterocycles. The lowest BCUT2D eigenvalue weighted by molar-refractivity contribution is 0.492. The van der Waals surface area contributed by atoms with E-state index in [1.807, 2.05) is 42.5 Å². The van der Waals surface area contributed by atoms with E-state index in [4.69, 9.17) is 28.2 Å². The first-order valence-electron chi connectivity index (χ1n) is 8.65. The predicted molar refractivity (Wildman–Crippen MR) is 114 cm³/mol. The average Bonchev–Trinajstić information content (AvgIpc) is 3.12. The molecule has 0 aliphatic carbocycles. The van der Waals surface area contributed by atoms with Gasteiger partial charge in [0.2, 0.25) is 0 Å². The molecule has 4 aromatic rings. The number of fused-ring (bicyclic) bond motifs is 1. The van der Waals surface area contributed by atoms with Crippen molar-refractivity contribution in [3.05, 3.63) is 86.9 Å². The van der Waals surface area contributed by atoms with Crippen molar-refractivity contribution < 1.29 is 0 Å². The van der Waals surface area contributed by atoms with Gasteiger partial charge in [-0.25, -0.2) is 4.98 Å². The summed E-state index contributed by atoms with van der Waals surface area (Å²) in [7, 11) is 0.